The highest BCUT2D eigenvalue weighted by molar-refractivity contribution is 6.53. The van der Waals surface area contributed by atoms with E-state index in [1.54, 1.807) is 67.6 Å². The summed E-state index contributed by atoms with van der Waals surface area (Å²) in [7, 11) is 0. The number of nitrogens with one attached hydrogen (secondary N) is 2. The third-order valence-electron chi connectivity index (χ3n) is 4.94. The molecule has 9 heteroatoms. The van der Waals surface area contributed by atoms with Crippen LogP contribution in [0.25, 0.3) is 0 Å². The zero-order valence-electron chi connectivity index (χ0n) is 17.2. The molecule has 33 heavy (non-hydrogen) atoms. The predicted octanol–water partition coefficient (Wildman–Crippen LogP) is 5.99. The van der Waals surface area contributed by atoms with Crippen molar-refractivity contribution in [2.45, 2.75) is 6.92 Å². The minimum absolute atomic E-state index is 0.0582. The Bertz CT molecular complexity index is 1320. The van der Waals surface area contributed by atoms with Crippen molar-refractivity contribution in [1.82, 2.24) is 0 Å². The molecule has 0 saturated carbocycles. The summed E-state index contributed by atoms with van der Waals surface area (Å²) in [5.41, 5.74) is 2.44. The topological polar surface area (TPSA) is 78.5 Å². The molecule has 1 aliphatic rings. The summed E-state index contributed by atoms with van der Waals surface area (Å²) in [6, 6.07) is 18.1. The Hall–Kier alpha value is -3.32. The zero-order chi connectivity index (χ0) is 23.7. The van der Waals surface area contributed by atoms with Crippen molar-refractivity contribution in [2.24, 2.45) is 0 Å². The second-order valence-electron chi connectivity index (χ2n) is 7.23. The fourth-order valence-corrected chi connectivity index (χ4v) is 3.84. The number of nitrogens with zero attached hydrogens (tertiary/aromatic N) is 1. The lowest BCUT2D eigenvalue weighted by atomic mass is 10.1. The van der Waals surface area contributed by atoms with E-state index in [1.165, 1.54) is 6.07 Å². The molecule has 0 fully saturated rings. The average molecular weight is 501 g/mol. The Labute approximate surface area is 204 Å². The van der Waals surface area contributed by atoms with E-state index in [0.29, 0.717) is 38.2 Å². The van der Waals surface area contributed by atoms with Crippen LogP contribution in [0.4, 0.5) is 17.1 Å². The Balaban J connectivity index is 1.50. The summed E-state index contributed by atoms with van der Waals surface area (Å²) in [6.45, 7) is 1.76. The number of imide groups is 1. The van der Waals surface area contributed by atoms with Crippen molar-refractivity contribution >= 4 is 69.6 Å². The molecular weight excluding hydrogens is 485 g/mol. The van der Waals surface area contributed by atoms with Gasteiger partial charge in [0.2, 0.25) is 0 Å². The second kappa shape index (κ2) is 9.27. The normalized spacial score (nSPS) is 13.5. The molecule has 166 valence electrons. The Morgan fingerprint density at radius 2 is 1.52 bits per heavy atom. The van der Waals surface area contributed by atoms with Crippen LogP contribution in [0.5, 0.6) is 0 Å². The van der Waals surface area contributed by atoms with Crippen LogP contribution >= 0.6 is 34.8 Å². The van der Waals surface area contributed by atoms with Crippen molar-refractivity contribution in [3.63, 3.8) is 0 Å². The number of rotatable bonds is 5. The summed E-state index contributed by atoms with van der Waals surface area (Å²) in [6.07, 6.45) is 0. The van der Waals surface area contributed by atoms with Crippen LogP contribution < -0.4 is 15.5 Å². The second-order valence-corrected chi connectivity index (χ2v) is 8.48. The van der Waals surface area contributed by atoms with Gasteiger partial charge in [0.25, 0.3) is 17.7 Å². The molecular formula is C24H16Cl3N3O3. The molecule has 6 nitrogen and oxygen atoms in total. The lowest BCUT2D eigenvalue weighted by Gasteiger charge is -2.17. The smallest absolute Gasteiger partial charge is 0.283 e. The Kier molecular flexibility index (Phi) is 6.42. The number of hydrogen-bond donors (Lipinski definition) is 2. The molecule has 4 rings (SSSR count). The number of aryl methyl sites for hydroxylation is 1. The van der Waals surface area contributed by atoms with Gasteiger partial charge in [-0.15, -0.1) is 0 Å². The fourth-order valence-electron chi connectivity index (χ4n) is 3.27. The molecule has 3 aromatic carbocycles. The molecule has 0 aromatic heterocycles. The minimum Gasteiger partial charge on any atom is -0.350 e. The van der Waals surface area contributed by atoms with E-state index < -0.39 is 11.8 Å². The van der Waals surface area contributed by atoms with Crippen molar-refractivity contribution in [2.75, 3.05) is 15.5 Å². The highest BCUT2D eigenvalue weighted by atomic mass is 35.5. The molecule has 0 spiro atoms. The fraction of sp³-hybridized carbons (Fsp3) is 0.0417. The third-order valence-corrected chi connectivity index (χ3v) is 5.76. The Morgan fingerprint density at radius 3 is 2.21 bits per heavy atom. The van der Waals surface area contributed by atoms with E-state index in [1.807, 2.05) is 0 Å². The molecule has 2 N–H and O–H groups in total. The number of halogens is 3. The van der Waals surface area contributed by atoms with Gasteiger partial charge in [0, 0.05) is 27.0 Å². The number of carbonyl (C=O) groups is 3. The van der Waals surface area contributed by atoms with Crippen molar-refractivity contribution in [3.05, 3.63) is 98.6 Å². The number of benzene rings is 3. The van der Waals surface area contributed by atoms with E-state index in [9.17, 15) is 14.4 Å². The predicted molar refractivity (Wildman–Crippen MR) is 131 cm³/mol. The lowest BCUT2D eigenvalue weighted by molar-refractivity contribution is -0.120. The van der Waals surface area contributed by atoms with Crippen LogP contribution in [-0.2, 0) is 9.59 Å². The minimum atomic E-state index is -0.646. The van der Waals surface area contributed by atoms with E-state index in [-0.39, 0.29) is 16.6 Å². The van der Waals surface area contributed by atoms with Gasteiger partial charge in [-0.05, 0) is 67.1 Å². The molecule has 0 atom stereocenters. The standard InChI is InChI=1S/C24H16Cl3N3O3/c1-13-5-8-16(26)12-19(13)30-23(32)20(27)21(24(30)33)28-17-9-6-14(7-10-17)22(31)29-18-4-2-3-15(25)11-18/h2-12,28H,1H3,(H,29,31). The molecule has 1 aliphatic heterocycles. The molecule has 0 unspecified atom stereocenters. The van der Waals surface area contributed by atoms with Crippen LogP contribution in [0.15, 0.2) is 77.5 Å². The molecule has 1 heterocycles. The van der Waals surface area contributed by atoms with Crippen molar-refractivity contribution < 1.29 is 14.4 Å². The van der Waals surface area contributed by atoms with Crippen LogP contribution in [0, 0.1) is 6.92 Å². The van der Waals surface area contributed by atoms with Crippen LogP contribution in [0.3, 0.4) is 0 Å². The van der Waals surface area contributed by atoms with Gasteiger partial charge in [0.15, 0.2) is 0 Å². The lowest BCUT2D eigenvalue weighted by Crippen LogP contribution is -2.32. The Morgan fingerprint density at radius 1 is 0.818 bits per heavy atom. The summed E-state index contributed by atoms with van der Waals surface area (Å²) in [5.74, 6) is -1.57. The van der Waals surface area contributed by atoms with Gasteiger partial charge in [-0.25, -0.2) is 4.90 Å². The molecule has 0 aliphatic carbocycles. The van der Waals surface area contributed by atoms with Gasteiger partial charge in [-0.3, -0.25) is 14.4 Å². The van der Waals surface area contributed by atoms with E-state index in [0.717, 1.165) is 4.90 Å². The van der Waals surface area contributed by atoms with Crippen LogP contribution in [0.1, 0.15) is 15.9 Å². The number of carbonyl (C=O) groups excluding carboxylic acids is 3. The van der Waals surface area contributed by atoms with Gasteiger partial charge in [-0.2, -0.15) is 0 Å². The maximum absolute atomic E-state index is 13.0. The quantitative estimate of drug-likeness (QED) is 0.422. The molecule has 3 amide bonds. The third kappa shape index (κ3) is 4.73. The molecule has 0 radical (unpaired) electrons. The number of amides is 3. The summed E-state index contributed by atoms with van der Waals surface area (Å²) >= 11 is 18.2. The molecule has 0 saturated heterocycles. The van der Waals surface area contributed by atoms with Gasteiger partial charge in [-0.1, -0.05) is 46.9 Å². The van der Waals surface area contributed by atoms with Gasteiger partial charge < -0.3 is 10.6 Å². The maximum Gasteiger partial charge on any atom is 0.283 e. The summed E-state index contributed by atoms with van der Waals surface area (Å²) < 4.78 is 0. The zero-order valence-corrected chi connectivity index (χ0v) is 19.4. The number of hydrogen-bond acceptors (Lipinski definition) is 4. The van der Waals surface area contributed by atoms with Gasteiger partial charge in [0.1, 0.15) is 10.7 Å². The summed E-state index contributed by atoms with van der Waals surface area (Å²) in [5, 5.41) is 6.30. The largest absolute Gasteiger partial charge is 0.350 e. The van der Waals surface area contributed by atoms with Crippen LogP contribution in [-0.4, -0.2) is 17.7 Å². The summed E-state index contributed by atoms with van der Waals surface area (Å²) in [4.78, 5) is 39.1. The monoisotopic (exact) mass is 499 g/mol. The molecule has 3 aromatic rings. The first-order chi connectivity index (χ1) is 15.7. The number of anilines is 3. The first-order valence-electron chi connectivity index (χ1n) is 9.73. The first-order valence-corrected chi connectivity index (χ1v) is 10.9. The van der Waals surface area contributed by atoms with Crippen molar-refractivity contribution in [3.8, 4) is 0 Å². The van der Waals surface area contributed by atoms with Crippen molar-refractivity contribution in [1.29, 1.82) is 0 Å². The highest BCUT2D eigenvalue weighted by Crippen LogP contribution is 2.33. The highest BCUT2D eigenvalue weighted by Gasteiger charge is 2.39. The van der Waals surface area contributed by atoms with Crippen LogP contribution in [0.2, 0.25) is 10.0 Å². The molecule has 0 bridgehead atoms. The van der Waals surface area contributed by atoms with E-state index >= 15 is 0 Å². The van der Waals surface area contributed by atoms with E-state index in [2.05, 4.69) is 10.6 Å². The van der Waals surface area contributed by atoms with Gasteiger partial charge >= 0.3 is 0 Å². The van der Waals surface area contributed by atoms with Gasteiger partial charge in [0.05, 0.1) is 5.69 Å². The van der Waals surface area contributed by atoms with E-state index in [4.69, 9.17) is 34.8 Å². The first kappa shape index (κ1) is 22.9. The maximum atomic E-state index is 13.0. The SMILES string of the molecule is Cc1ccc(Cl)cc1N1C(=O)C(Cl)=C(Nc2ccc(C(=O)Nc3cccc(Cl)c3)cc2)C1=O. The average Bonchev–Trinajstić information content (AvgIpc) is 2.99.